The van der Waals surface area contributed by atoms with E-state index in [0.29, 0.717) is 19.6 Å². The lowest BCUT2D eigenvalue weighted by atomic mass is 10.0. The standard InChI is InChI=1S/C13H20INO3S/c1-13(7-5-11(14)6-8-13)19(16,17)15-9-3-4-12(15)10-18-2/h5-7,12H,3-4,8-10H2,1-2H3/t12-,13?/m1/s1. The van der Waals surface area contributed by atoms with Gasteiger partial charge in [0.2, 0.25) is 10.0 Å². The van der Waals surface area contributed by atoms with Gasteiger partial charge >= 0.3 is 0 Å². The molecule has 4 nitrogen and oxygen atoms in total. The van der Waals surface area contributed by atoms with Gasteiger partial charge in [0.15, 0.2) is 0 Å². The summed E-state index contributed by atoms with van der Waals surface area (Å²) < 4.78 is 32.9. The minimum Gasteiger partial charge on any atom is -0.383 e. The molecular weight excluding hydrogens is 377 g/mol. The maximum Gasteiger partial charge on any atom is 0.223 e. The highest BCUT2D eigenvalue weighted by Crippen LogP contribution is 2.36. The van der Waals surface area contributed by atoms with Crippen molar-refractivity contribution in [3.8, 4) is 0 Å². The summed E-state index contributed by atoms with van der Waals surface area (Å²) in [6.07, 6.45) is 8.05. The zero-order valence-corrected chi connectivity index (χ0v) is 14.3. The molecule has 2 atom stereocenters. The summed E-state index contributed by atoms with van der Waals surface area (Å²) in [5, 5.41) is 0. The number of ether oxygens (including phenoxy) is 1. The molecule has 0 aromatic heterocycles. The van der Waals surface area contributed by atoms with Crippen LogP contribution in [0.3, 0.4) is 0 Å². The summed E-state index contributed by atoms with van der Waals surface area (Å²) in [4.78, 5) is 0. The molecule has 0 saturated carbocycles. The van der Waals surface area contributed by atoms with Crippen molar-refractivity contribution in [1.29, 1.82) is 0 Å². The fourth-order valence-corrected chi connectivity index (χ4v) is 5.03. The first-order chi connectivity index (χ1) is 8.90. The largest absolute Gasteiger partial charge is 0.383 e. The highest BCUT2D eigenvalue weighted by atomic mass is 127. The molecule has 0 radical (unpaired) electrons. The van der Waals surface area contributed by atoms with E-state index in [1.165, 1.54) is 0 Å². The van der Waals surface area contributed by atoms with Crippen molar-refractivity contribution < 1.29 is 13.2 Å². The van der Waals surface area contributed by atoms with E-state index in [0.717, 1.165) is 16.4 Å². The Morgan fingerprint density at radius 1 is 1.58 bits per heavy atom. The Morgan fingerprint density at radius 2 is 2.32 bits per heavy atom. The predicted molar refractivity (Wildman–Crippen MR) is 84.8 cm³/mol. The van der Waals surface area contributed by atoms with Crippen molar-refractivity contribution in [2.75, 3.05) is 20.3 Å². The Hall–Kier alpha value is 0.0800. The normalized spacial score (nSPS) is 32.6. The highest BCUT2D eigenvalue weighted by Gasteiger charge is 2.45. The molecule has 1 aliphatic carbocycles. The molecule has 19 heavy (non-hydrogen) atoms. The Balaban J connectivity index is 2.25. The van der Waals surface area contributed by atoms with Crippen LogP contribution in [0.5, 0.6) is 0 Å². The van der Waals surface area contributed by atoms with Crippen molar-refractivity contribution in [2.45, 2.75) is 37.0 Å². The summed E-state index contributed by atoms with van der Waals surface area (Å²) in [7, 11) is -1.72. The SMILES string of the molecule is COC[C@H]1CCCN1S(=O)(=O)C1(C)C=CC(I)=CC1. The molecule has 1 aliphatic heterocycles. The second-order valence-electron chi connectivity index (χ2n) is 5.31. The number of hydrogen-bond donors (Lipinski definition) is 0. The molecule has 1 unspecified atom stereocenters. The minimum absolute atomic E-state index is 0.00907. The second-order valence-corrected chi connectivity index (χ2v) is 8.90. The molecule has 2 rings (SSSR count). The number of methoxy groups -OCH3 is 1. The molecule has 0 aromatic carbocycles. The van der Waals surface area contributed by atoms with Gasteiger partial charge in [-0.05, 0) is 48.8 Å². The molecule has 0 amide bonds. The molecule has 0 bridgehead atoms. The van der Waals surface area contributed by atoms with E-state index in [9.17, 15) is 8.42 Å². The van der Waals surface area contributed by atoms with Crippen molar-refractivity contribution in [1.82, 2.24) is 4.31 Å². The van der Waals surface area contributed by atoms with Crippen LogP contribution < -0.4 is 0 Å². The lowest BCUT2D eigenvalue weighted by molar-refractivity contribution is 0.148. The van der Waals surface area contributed by atoms with E-state index in [4.69, 9.17) is 4.74 Å². The lowest BCUT2D eigenvalue weighted by Gasteiger charge is -2.34. The average molecular weight is 397 g/mol. The van der Waals surface area contributed by atoms with Gasteiger partial charge < -0.3 is 4.74 Å². The monoisotopic (exact) mass is 397 g/mol. The Morgan fingerprint density at radius 3 is 2.89 bits per heavy atom. The number of hydrogen-bond acceptors (Lipinski definition) is 3. The summed E-state index contributed by atoms with van der Waals surface area (Å²) in [6.45, 7) is 2.90. The van der Waals surface area contributed by atoms with Gasteiger partial charge in [-0.25, -0.2) is 8.42 Å². The molecule has 0 aromatic rings. The molecule has 108 valence electrons. The van der Waals surface area contributed by atoms with Gasteiger partial charge in [0, 0.05) is 23.3 Å². The third kappa shape index (κ3) is 2.91. The topological polar surface area (TPSA) is 46.6 Å². The number of rotatable bonds is 4. The van der Waals surface area contributed by atoms with Crippen LogP contribution in [-0.4, -0.2) is 43.8 Å². The maximum atomic E-state index is 12.9. The smallest absolute Gasteiger partial charge is 0.223 e. The van der Waals surface area contributed by atoms with Crippen LogP contribution in [-0.2, 0) is 14.8 Å². The number of halogens is 1. The first-order valence-electron chi connectivity index (χ1n) is 6.46. The van der Waals surface area contributed by atoms with Gasteiger partial charge in [-0.15, -0.1) is 0 Å². The average Bonchev–Trinajstić information content (AvgIpc) is 2.82. The molecule has 0 N–H and O–H groups in total. The minimum atomic E-state index is -3.34. The molecule has 0 spiro atoms. The second kappa shape index (κ2) is 5.83. The molecule has 6 heteroatoms. The summed E-state index contributed by atoms with van der Waals surface area (Å²) >= 11 is 2.21. The van der Waals surface area contributed by atoms with Gasteiger partial charge in [0.1, 0.15) is 4.75 Å². The third-order valence-corrected chi connectivity index (χ3v) is 7.26. The summed E-state index contributed by atoms with van der Waals surface area (Å²) in [6, 6.07) is -0.00907. The van der Waals surface area contributed by atoms with Crippen LogP contribution in [0.2, 0.25) is 0 Å². The van der Waals surface area contributed by atoms with Gasteiger partial charge in [-0.2, -0.15) is 4.31 Å². The molecule has 1 fully saturated rings. The van der Waals surface area contributed by atoms with Gasteiger partial charge in [0.05, 0.1) is 6.61 Å². The quantitative estimate of drug-likeness (QED) is 0.685. The summed E-state index contributed by atoms with van der Waals surface area (Å²) in [5.41, 5.74) is 0. The summed E-state index contributed by atoms with van der Waals surface area (Å²) in [5.74, 6) is 0. The first-order valence-corrected chi connectivity index (χ1v) is 8.98. The Labute approximate surface area is 129 Å². The van der Waals surface area contributed by atoms with Gasteiger partial charge in [0.25, 0.3) is 0 Å². The molecular formula is C13H20INO3S. The van der Waals surface area contributed by atoms with E-state index in [2.05, 4.69) is 22.6 Å². The van der Waals surface area contributed by atoms with Crippen molar-refractivity contribution in [2.24, 2.45) is 0 Å². The zero-order valence-electron chi connectivity index (χ0n) is 11.3. The highest BCUT2D eigenvalue weighted by molar-refractivity contribution is 14.1. The van der Waals surface area contributed by atoms with Crippen LogP contribution in [0.4, 0.5) is 0 Å². The van der Waals surface area contributed by atoms with Crippen LogP contribution in [0.1, 0.15) is 26.2 Å². The van der Waals surface area contributed by atoms with Crippen molar-refractivity contribution in [3.63, 3.8) is 0 Å². The van der Waals surface area contributed by atoms with Crippen molar-refractivity contribution >= 4 is 32.6 Å². The number of allylic oxidation sites excluding steroid dienone is 3. The van der Waals surface area contributed by atoms with Crippen LogP contribution in [0.15, 0.2) is 21.8 Å². The van der Waals surface area contributed by atoms with Crippen LogP contribution >= 0.6 is 22.6 Å². The Kier molecular flexibility index (Phi) is 4.75. The van der Waals surface area contributed by atoms with Crippen LogP contribution in [0.25, 0.3) is 0 Å². The van der Waals surface area contributed by atoms with E-state index in [-0.39, 0.29) is 6.04 Å². The first kappa shape index (κ1) is 15.5. The van der Waals surface area contributed by atoms with E-state index in [1.807, 2.05) is 18.2 Å². The number of sulfonamides is 1. The van der Waals surface area contributed by atoms with E-state index in [1.54, 1.807) is 18.3 Å². The van der Waals surface area contributed by atoms with E-state index >= 15 is 0 Å². The van der Waals surface area contributed by atoms with Gasteiger partial charge in [-0.3, -0.25) is 0 Å². The fourth-order valence-electron chi connectivity index (χ4n) is 2.64. The van der Waals surface area contributed by atoms with Crippen LogP contribution in [0, 0.1) is 0 Å². The molecule has 1 heterocycles. The van der Waals surface area contributed by atoms with E-state index < -0.39 is 14.8 Å². The zero-order chi connectivity index (χ0) is 14.1. The predicted octanol–water partition coefficient (Wildman–Crippen LogP) is 2.46. The third-order valence-electron chi connectivity index (χ3n) is 3.88. The molecule has 1 saturated heterocycles. The molecule has 2 aliphatic rings. The lowest BCUT2D eigenvalue weighted by Crippen LogP contribution is -2.48. The fraction of sp³-hybridized carbons (Fsp3) is 0.692. The Bertz CT molecular complexity index is 500. The maximum absolute atomic E-state index is 12.9. The van der Waals surface area contributed by atoms with Gasteiger partial charge in [-0.1, -0.05) is 18.2 Å². The van der Waals surface area contributed by atoms with Crippen molar-refractivity contribution in [3.05, 3.63) is 21.8 Å². The number of nitrogens with zero attached hydrogens (tertiary/aromatic N) is 1.